The molecule has 0 amide bonds. The van der Waals surface area contributed by atoms with Crippen LogP contribution in [0.4, 0.5) is 0 Å². The average molecular weight is 395 g/mol. The molecule has 0 aromatic heterocycles. The van der Waals surface area contributed by atoms with Gasteiger partial charge in [-0.3, -0.25) is 4.99 Å². The van der Waals surface area contributed by atoms with Crippen LogP contribution in [-0.2, 0) is 4.79 Å². The normalized spacial score (nSPS) is 14.2. The molecule has 3 aromatic carbocycles. The molecule has 0 saturated carbocycles. The molecule has 4 rings (SSSR count). The zero-order valence-corrected chi connectivity index (χ0v) is 16.6. The smallest absolute Gasteiger partial charge is 0.351 e. The lowest BCUT2D eigenvalue weighted by atomic mass is 10.0. The van der Waals surface area contributed by atoms with E-state index in [0.29, 0.717) is 0 Å². The molecule has 5 heteroatoms. The van der Waals surface area contributed by atoms with Crippen molar-refractivity contribution >= 4 is 23.1 Å². The number of hydrogen-bond acceptors (Lipinski definition) is 4. The number of rotatable bonds is 5. The fourth-order valence-electron chi connectivity index (χ4n) is 3.26. The van der Waals surface area contributed by atoms with Crippen molar-refractivity contribution in [1.82, 2.24) is 5.01 Å². The molecular formula is C25H21N3O2. The fraction of sp³-hybridized carbons (Fsp3) is 0.0800. The van der Waals surface area contributed by atoms with E-state index in [1.54, 1.807) is 5.01 Å². The molecule has 5 nitrogen and oxygen atoms in total. The van der Waals surface area contributed by atoms with Gasteiger partial charge in [-0.25, -0.2) is 9.80 Å². The summed E-state index contributed by atoms with van der Waals surface area (Å²) in [4.78, 5) is 15.9. The summed E-state index contributed by atoms with van der Waals surface area (Å²) in [5.41, 5.74) is 5.88. The van der Waals surface area contributed by atoms with Gasteiger partial charge in [-0.2, -0.15) is 5.10 Å². The quantitative estimate of drug-likeness (QED) is 0.624. The van der Waals surface area contributed by atoms with E-state index in [0.717, 1.165) is 33.7 Å². The number of aliphatic carboxylic acids is 1. The topological polar surface area (TPSA) is 65.3 Å². The van der Waals surface area contributed by atoms with E-state index in [1.165, 1.54) is 6.92 Å². The zero-order valence-electron chi connectivity index (χ0n) is 16.6. The molecule has 0 fully saturated rings. The maximum Gasteiger partial charge on any atom is 0.351 e. The van der Waals surface area contributed by atoms with Crippen molar-refractivity contribution in [2.75, 3.05) is 6.67 Å². The third-order valence-corrected chi connectivity index (χ3v) is 4.86. The summed E-state index contributed by atoms with van der Waals surface area (Å²) < 4.78 is 0. The van der Waals surface area contributed by atoms with Crippen molar-refractivity contribution < 1.29 is 9.90 Å². The molecule has 0 unspecified atom stereocenters. The van der Waals surface area contributed by atoms with Gasteiger partial charge in [0.25, 0.3) is 0 Å². The van der Waals surface area contributed by atoms with Crippen LogP contribution in [0.25, 0.3) is 16.8 Å². The second kappa shape index (κ2) is 8.57. The van der Waals surface area contributed by atoms with Crippen molar-refractivity contribution in [1.29, 1.82) is 0 Å². The Bertz CT molecular complexity index is 1130. The molecule has 0 atom stereocenters. The highest BCUT2D eigenvalue weighted by atomic mass is 16.4. The van der Waals surface area contributed by atoms with Crippen molar-refractivity contribution in [3.63, 3.8) is 0 Å². The molecule has 3 aromatic rings. The van der Waals surface area contributed by atoms with Crippen LogP contribution in [-0.4, -0.2) is 34.2 Å². The third kappa shape index (κ3) is 4.20. The highest BCUT2D eigenvalue weighted by molar-refractivity contribution is 6.34. The van der Waals surface area contributed by atoms with E-state index in [1.807, 2.05) is 66.7 Å². The van der Waals surface area contributed by atoms with Crippen LogP contribution in [0.15, 0.2) is 101 Å². The minimum Gasteiger partial charge on any atom is -0.477 e. The lowest BCUT2D eigenvalue weighted by Crippen LogP contribution is -2.25. The molecule has 0 saturated heterocycles. The van der Waals surface area contributed by atoms with Crippen molar-refractivity contribution in [2.45, 2.75) is 6.92 Å². The Kier molecular flexibility index (Phi) is 5.52. The number of aliphatic imine (C=N–C) groups is 1. The average Bonchev–Trinajstić information content (AvgIpc) is 2.80. The van der Waals surface area contributed by atoms with E-state index < -0.39 is 5.97 Å². The van der Waals surface area contributed by atoms with Crippen LogP contribution in [0, 0.1) is 0 Å². The first-order valence-electron chi connectivity index (χ1n) is 9.65. The first-order chi connectivity index (χ1) is 14.6. The Balaban J connectivity index is 1.73. The second-order valence-electron chi connectivity index (χ2n) is 6.91. The molecule has 1 heterocycles. The van der Waals surface area contributed by atoms with E-state index >= 15 is 0 Å². The van der Waals surface area contributed by atoms with Crippen LogP contribution < -0.4 is 0 Å². The summed E-state index contributed by atoms with van der Waals surface area (Å²) in [6.07, 6.45) is 1.95. The molecule has 0 radical (unpaired) electrons. The number of nitrogens with zero attached hydrogens (tertiary/aromatic N) is 3. The predicted octanol–water partition coefficient (Wildman–Crippen LogP) is 4.92. The number of benzene rings is 3. The number of hydrazone groups is 1. The van der Waals surface area contributed by atoms with Gasteiger partial charge in [0.05, 0.1) is 11.4 Å². The minimum atomic E-state index is -1.05. The standard InChI is InChI=1S/C25H21N3O2/c1-18(25(29)30)27-28-17-26-23(21-10-6-3-7-11-21)16-24(28)22-14-12-20(13-15-22)19-8-4-2-5-9-19/h2-16H,17H2,1H3,(H,29,30)/b27-18+. The minimum absolute atomic E-state index is 0.0140. The summed E-state index contributed by atoms with van der Waals surface area (Å²) in [5, 5.41) is 15.2. The zero-order chi connectivity index (χ0) is 20.9. The molecular weight excluding hydrogens is 374 g/mol. The third-order valence-electron chi connectivity index (χ3n) is 4.86. The SMILES string of the molecule is C/C(=N\N1CN=C(c2ccccc2)C=C1c1ccc(-c2ccccc2)cc1)C(=O)O. The van der Waals surface area contributed by atoms with Crippen LogP contribution in [0.5, 0.6) is 0 Å². The largest absolute Gasteiger partial charge is 0.477 e. The van der Waals surface area contributed by atoms with Gasteiger partial charge in [0.1, 0.15) is 12.4 Å². The van der Waals surface area contributed by atoms with Crippen LogP contribution in [0.1, 0.15) is 18.1 Å². The van der Waals surface area contributed by atoms with E-state index in [2.05, 4.69) is 34.4 Å². The van der Waals surface area contributed by atoms with Crippen LogP contribution >= 0.6 is 0 Å². The Morgan fingerprint density at radius 2 is 1.37 bits per heavy atom. The molecule has 0 bridgehead atoms. The number of allylic oxidation sites excluding steroid dienone is 1. The molecule has 0 spiro atoms. The van der Waals surface area contributed by atoms with Crippen molar-refractivity contribution in [3.05, 3.63) is 102 Å². The molecule has 1 N–H and O–H groups in total. The summed E-state index contributed by atoms with van der Waals surface area (Å²) in [6.45, 7) is 1.73. The van der Waals surface area contributed by atoms with Gasteiger partial charge in [0, 0.05) is 0 Å². The Morgan fingerprint density at radius 3 is 1.97 bits per heavy atom. The van der Waals surface area contributed by atoms with Gasteiger partial charge in [-0.1, -0.05) is 84.9 Å². The monoisotopic (exact) mass is 395 g/mol. The van der Waals surface area contributed by atoms with Gasteiger partial charge in [0.2, 0.25) is 0 Å². The molecule has 1 aliphatic heterocycles. The summed E-state index contributed by atoms with van der Waals surface area (Å²) in [5.74, 6) is -1.05. The van der Waals surface area contributed by atoms with Crippen molar-refractivity contribution in [3.8, 4) is 11.1 Å². The van der Waals surface area contributed by atoms with Crippen LogP contribution in [0.2, 0.25) is 0 Å². The van der Waals surface area contributed by atoms with E-state index in [4.69, 9.17) is 0 Å². The Labute approximate surface area is 175 Å². The molecule has 1 aliphatic rings. The highest BCUT2D eigenvalue weighted by Gasteiger charge is 2.19. The molecule has 148 valence electrons. The summed E-state index contributed by atoms with van der Waals surface area (Å²) in [7, 11) is 0. The molecule has 30 heavy (non-hydrogen) atoms. The lowest BCUT2D eigenvalue weighted by molar-refractivity contribution is -0.129. The number of carboxylic acids is 1. The predicted molar refractivity (Wildman–Crippen MR) is 120 cm³/mol. The number of hydrogen-bond donors (Lipinski definition) is 1. The van der Waals surface area contributed by atoms with Gasteiger partial charge in [-0.05, 0) is 35.3 Å². The van der Waals surface area contributed by atoms with Gasteiger partial charge < -0.3 is 5.11 Å². The summed E-state index contributed by atoms with van der Waals surface area (Å²) in [6, 6.07) is 28.3. The number of carboxylic acid groups (broad SMARTS) is 1. The van der Waals surface area contributed by atoms with Gasteiger partial charge in [-0.15, -0.1) is 0 Å². The number of carbonyl (C=O) groups is 1. The first-order valence-corrected chi connectivity index (χ1v) is 9.65. The maximum absolute atomic E-state index is 11.3. The van der Waals surface area contributed by atoms with Crippen LogP contribution in [0.3, 0.4) is 0 Å². The maximum atomic E-state index is 11.3. The van der Waals surface area contributed by atoms with Gasteiger partial charge in [0.15, 0.2) is 0 Å². The lowest BCUT2D eigenvalue weighted by Gasteiger charge is -2.25. The first kappa shape index (κ1) is 19.3. The van der Waals surface area contributed by atoms with Gasteiger partial charge >= 0.3 is 5.97 Å². The highest BCUT2D eigenvalue weighted by Crippen LogP contribution is 2.27. The Morgan fingerprint density at radius 1 is 0.833 bits per heavy atom. The van der Waals surface area contributed by atoms with E-state index in [9.17, 15) is 9.90 Å². The second-order valence-corrected chi connectivity index (χ2v) is 6.91. The Hall–Kier alpha value is -3.99. The summed E-state index contributed by atoms with van der Waals surface area (Å²) >= 11 is 0. The fourth-order valence-corrected chi connectivity index (χ4v) is 3.26. The van der Waals surface area contributed by atoms with Crippen molar-refractivity contribution in [2.24, 2.45) is 10.1 Å². The molecule has 0 aliphatic carbocycles. The van der Waals surface area contributed by atoms with E-state index in [-0.39, 0.29) is 12.4 Å².